The largest absolute Gasteiger partial charge is 0.491 e. The molecule has 2 aromatic rings. The monoisotopic (exact) mass is 328 g/mol. The molecule has 0 atom stereocenters. The number of amides is 1. The minimum Gasteiger partial charge on any atom is -0.491 e. The third-order valence-corrected chi connectivity index (χ3v) is 4.04. The zero-order chi connectivity index (χ0) is 16.9. The number of ether oxygens (including phenoxy) is 1. The van der Waals surface area contributed by atoms with E-state index in [-0.39, 0.29) is 24.9 Å². The zero-order valence-corrected chi connectivity index (χ0v) is 13.3. The van der Waals surface area contributed by atoms with Gasteiger partial charge >= 0.3 is 0 Å². The van der Waals surface area contributed by atoms with Crippen molar-refractivity contribution >= 4 is 17.4 Å². The molecule has 0 saturated heterocycles. The molecule has 3 N–H and O–H groups in total. The van der Waals surface area contributed by atoms with Crippen LogP contribution in [0.5, 0.6) is 5.75 Å². The van der Waals surface area contributed by atoms with Gasteiger partial charge in [0.1, 0.15) is 12.4 Å². The first-order valence-corrected chi connectivity index (χ1v) is 8.07. The molecule has 0 radical (unpaired) electrons. The van der Waals surface area contributed by atoms with Crippen LogP contribution in [0, 0.1) is 0 Å². The number of carbonyl (C=O) groups is 2. The molecule has 0 saturated carbocycles. The number of Topliss-reactive ketones (excluding diaryl/α,β-unsaturated/α-hetero) is 1. The van der Waals surface area contributed by atoms with Crippen LogP contribution in [-0.2, 0) is 6.42 Å². The van der Waals surface area contributed by atoms with Crippen LogP contribution < -0.4 is 10.1 Å². The molecule has 0 unspecified atom stereocenters. The van der Waals surface area contributed by atoms with Crippen LogP contribution in [0.25, 0.3) is 0 Å². The number of hydrogen-bond acceptors (Lipinski definition) is 4. The van der Waals surface area contributed by atoms with Crippen LogP contribution in [-0.4, -0.2) is 35.0 Å². The SMILES string of the molecule is O=C(Nc1ccc(OCCO)cc1)c1c[nH]c2c1C(=O)CCCC2. The number of aliphatic hydroxyl groups excluding tert-OH is 1. The Bertz CT molecular complexity index is 734. The van der Waals surface area contributed by atoms with E-state index in [1.807, 2.05) is 0 Å². The Hall–Kier alpha value is -2.60. The van der Waals surface area contributed by atoms with Crippen molar-refractivity contribution in [3.05, 3.63) is 47.3 Å². The molecule has 1 aliphatic rings. The molecule has 0 spiro atoms. The van der Waals surface area contributed by atoms with Crippen molar-refractivity contribution in [1.82, 2.24) is 4.98 Å². The van der Waals surface area contributed by atoms with Gasteiger partial charge in [0.2, 0.25) is 0 Å². The number of nitrogens with one attached hydrogen (secondary N) is 2. The Morgan fingerprint density at radius 3 is 2.71 bits per heavy atom. The molecule has 1 aromatic carbocycles. The van der Waals surface area contributed by atoms with Crippen molar-refractivity contribution < 1.29 is 19.4 Å². The van der Waals surface area contributed by atoms with Crippen molar-refractivity contribution in [2.75, 3.05) is 18.5 Å². The van der Waals surface area contributed by atoms with Gasteiger partial charge < -0.3 is 20.1 Å². The summed E-state index contributed by atoms with van der Waals surface area (Å²) < 4.78 is 5.28. The number of carbonyl (C=O) groups excluding carboxylic acids is 2. The maximum absolute atomic E-state index is 12.5. The molecule has 1 amide bonds. The maximum atomic E-state index is 12.5. The van der Waals surface area contributed by atoms with Crippen LogP contribution in [0.3, 0.4) is 0 Å². The fourth-order valence-electron chi connectivity index (χ4n) is 2.87. The standard InChI is InChI=1S/C18H20N2O4/c21-9-10-24-13-7-5-12(6-8-13)20-18(23)14-11-19-15-3-1-2-4-16(22)17(14)15/h5-8,11,19,21H,1-4,9-10H2,(H,20,23). The lowest BCUT2D eigenvalue weighted by atomic mass is 10.0. The van der Waals surface area contributed by atoms with Crippen molar-refractivity contribution in [1.29, 1.82) is 0 Å². The Labute approximate surface area is 139 Å². The second-order valence-corrected chi connectivity index (χ2v) is 5.74. The van der Waals surface area contributed by atoms with Crippen molar-refractivity contribution in [3.63, 3.8) is 0 Å². The van der Waals surface area contributed by atoms with Crippen molar-refractivity contribution in [2.24, 2.45) is 0 Å². The van der Waals surface area contributed by atoms with Crippen LogP contribution >= 0.6 is 0 Å². The van der Waals surface area contributed by atoms with Crippen LogP contribution in [0.15, 0.2) is 30.5 Å². The Morgan fingerprint density at radius 2 is 1.96 bits per heavy atom. The van der Waals surface area contributed by atoms with E-state index in [2.05, 4.69) is 10.3 Å². The second kappa shape index (κ2) is 7.31. The molecule has 6 heteroatoms. The van der Waals surface area contributed by atoms with Gasteiger partial charge in [-0.05, 0) is 43.5 Å². The van der Waals surface area contributed by atoms with Gasteiger partial charge in [-0.1, -0.05) is 0 Å². The number of aromatic nitrogens is 1. The lowest BCUT2D eigenvalue weighted by Crippen LogP contribution is -2.15. The number of aromatic amines is 1. The summed E-state index contributed by atoms with van der Waals surface area (Å²) in [5, 5.41) is 11.5. The summed E-state index contributed by atoms with van der Waals surface area (Å²) in [4.78, 5) is 27.8. The second-order valence-electron chi connectivity index (χ2n) is 5.74. The zero-order valence-electron chi connectivity index (χ0n) is 13.3. The first-order chi connectivity index (χ1) is 11.7. The fourth-order valence-corrected chi connectivity index (χ4v) is 2.87. The van der Waals surface area contributed by atoms with Gasteiger partial charge in [-0.3, -0.25) is 9.59 Å². The van der Waals surface area contributed by atoms with E-state index < -0.39 is 0 Å². The van der Waals surface area contributed by atoms with E-state index in [0.29, 0.717) is 29.0 Å². The summed E-state index contributed by atoms with van der Waals surface area (Å²) in [6.45, 7) is 0.175. The summed E-state index contributed by atoms with van der Waals surface area (Å²) in [7, 11) is 0. The van der Waals surface area contributed by atoms with Gasteiger partial charge in [-0.15, -0.1) is 0 Å². The maximum Gasteiger partial charge on any atom is 0.257 e. The number of ketones is 1. The predicted octanol–water partition coefficient (Wildman–Crippen LogP) is 2.55. The average molecular weight is 328 g/mol. The third-order valence-electron chi connectivity index (χ3n) is 4.04. The lowest BCUT2D eigenvalue weighted by Gasteiger charge is -2.08. The molecule has 1 aromatic heterocycles. The summed E-state index contributed by atoms with van der Waals surface area (Å²) in [5.41, 5.74) is 2.41. The number of hydrogen-bond donors (Lipinski definition) is 3. The fraction of sp³-hybridized carbons (Fsp3) is 0.333. The minimum absolute atomic E-state index is 0.0293. The molecular formula is C18H20N2O4. The molecule has 0 bridgehead atoms. The summed E-state index contributed by atoms with van der Waals surface area (Å²) in [6.07, 6.45) is 4.71. The summed E-state index contributed by atoms with van der Waals surface area (Å²) in [6, 6.07) is 6.87. The van der Waals surface area contributed by atoms with E-state index in [9.17, 15) is 9.59 Å². The van der Waals surface area contributed by atoms with Crippen LogP contribution in [0.1, 0.15) is 45.7 Å². The Morgan fingerprint density at radius 1 is 1.21 bits per heavy atom. The number of rotatable bonds is 5. The van der Waals surface area contributed by atoms with Gasteiger partial charge in [-0.25, -0.2) is 0 Å². The smallest absolute Gasteiger partial charge is 0.257 e. The number of H-pyrrole nitrogens is 1. The molecular weight excluding hydrogens is 308 g/mol. The van der Waals surface area contributed by atoms with Gasteiger partial charge in [0, 0.05) is 24.0 Å². The number of anilines is 1. The quantitative estimate of drug-likeness (QED) is 0.736. The molecule has 1 heterocycles. The highest BCUT2D eigenvalue weighted by Gasteiger charge is 2.24. The first-order valence-electron chi connectivity index (χ1n) is 8.07. The van der Waals surface area contributed by atoms with Gasteiger partial charge in [0.05, 0.1) is 17.7 Å². The van der Waals surface area contributed by atoms with Gasteiger partial charge in [-0.2, -0.15) is 0 Å². The number of benzene rings is 1. The molecule has 24 heavy (non-hydrogen) atoms. The van der Waals surface area contributed by atoms with Crippen molar-refractivity contribution in [3.8, 4) is 5.75 Å². The van der Waals surface area contributed by atoms with E-state index >= 15 is 0 Å². The van der Waals surface area contributed by atoms with Crippen LogP contribution in [0.4, 0.5) is 5.69 Å². The number of aliphatic hydroxyl groups is 1. The van der Waals surface area contributed by atoms with Crippen LogP contribution in [0.2, 0.25) is 0 Å². The Balaban J connectivity index is 1.74. The summed E-state index contributed by atoms with van der Waals surface area (Å²) >= 11 is 0. The molecule has 126 valence electrons. The molecule has 3 rings (SSSR count). The van der Waals surface area contributed by atoms with Crippen molar-refractivity contribution in [2.45, 2.75) is 25.7 Å². The number of aryl methyl sites for hydroxylation is 1. The molecule has 6 nitrogen and oxygen atoms in total. The average Bonchev–Trinajstić information content (AvgIpc) is 2.94. The first kappa shape index (κ1) is 16.3. The van der Waals surface area contributed by atoms with E-state index in [1.165, 1.54) is 0 Å². The van der Waals surface area contributed by atoms with Gasteiger partial charge in [0.15, 0.2) is 5.78 Å². The van der Waals surface area contributed by atoms with E-state index in [4.69, 9.17) is 9.84 Å². The molecule has 1 aliphatic carbocycles. The lowest BCUT2D eigenvalue weighted by molar-refractivity contribution is 0.0965. The highest BCUT2D eigenvalue weighted by atomic mass is 16.5. The molecule has 0 fully saturated rings. The van der Waals surface area contributed by atoms with Gasteiger partial charge in [0.25, 0.3) is 5.91 Å². The molecule has 0 aliphatic heterocycles. The van der Waals surface area contributed by atoms with E-state index in [1.54, 1.807) is 30.5 Å². The number of fused-ring (bicyclic) bond motifs is 1. The topological polar surface area (TPSA) is 91.4 Å². The third kappa shape index (κ3) is 3.49. The Kier molecular flexibility index (Phi) is 4.96. The van der Waals surface area contributed by atoms with E-state index in [0.717, 1.165) is 25.0 Å². The highest BCUT2D eigenvalue weighted by Crippen LogP contribution is 2.24. The minimum atomic E-state index is -0.299. The summed E-state index contributed by atoms with van der Waals surface area (Å²) in [5.74, 6) is 0.348. The predicted molar refractivity (Wildman–Crippen MR) is 89.7 cm³/mol. The normalized spacial score (nSPS) is 14.0. The highest BCUT2D eigenvalue weighted by molar-refractivity contribution is 6.13.